The van der Waals surface area contributed by atoms with Gasteiger partial charge in [-0.2, -0.15) is 0 Å². The van der Waals surface area contributed by atoms with Crippen LogP contribution < -0.4 is 20.7 Å². The summed E-state index contributed by atoms with van der Waals surface area (Å²) in [6, 6.07) is 11.5. The van der Waals surface area contributed by atoms with Crippen LogP contribution in [0.4, 0.5) is 5.69 Å². The molecule has 1 aromatic carbocycles. The Labute approximate surface area is 188 Å². The maximum absolute atomic E-state index is 12.1. The van der Waals surface area contributed by atoms with Gasteiger partial charge in [0.05, 0.1) is 31.6 Å². The summed E-state index contributed by atoms with van der Waals surface area (Å²) in [6.45, 7) is 4.05. The molecule has 1 aliphatic carbocycles. The Morgan fingerprint density at radius 2 is 2.03 bits per heavy atom. The first-order chi connectivity index (χ1) is 13.7. The van der Waals surface area contributed by atoms with Gasteiger partial charge < -0.3 is 20.7 Å². The molecule has 0 bridgehead atoms. The summed E-state index contributed by atoms with van der Waals surface area (Å²) in [5, 5.41) is 9.00. The summed E-state index contributed by atoms with van der Waals surface area (Å²) >= 11 is 0. The molecule has 1 saturated carbocycles. The number of guanidine groups is 1. The molecule has 7 nitrogen and oxygen atoms in total. The number of aliphatic imine (C=N–C) groups is 1. The van der Waals surface area contributed by atoms with Crippen LogP contribution in [-0.4, -0.2) is 36.5 Å². The van der Waals surface area contributed by atoms with Crippen molar-refractivity contribution in [2.24, 2.45) is 10.9 Å². The minimum Gasteiger partial charge on any atom is -0.493 e. The zero-order valence-electron chi connectivity index (χ0n) is 16.6. The lowest BCUT2D eigenvalue weighted by Crippen LogP contribution is -2.41. The molecule has 1 amide bonds. The smallest absolute Gasteiger partial charge is 0.243 e. The molecule has 8 heteroatoms. The molecule has 29 heavy (non-hydrogen) atoms. The van der Waals surface area contributed by atoms with E-state index in [1.165, 1.54) is 12.8 Å². The highest BCUT2D eigenvalue weighted by molar-refractivity contribution is 14.0. The number of carbonyl (C=O) groups excluding carboxylic acids is 1. The molecule has 2 aromatic rings. The highest BCUT2D eigenvalue weighted by Crippen LogP contribution is 2.30. The maximum atomic E-state index is 12.1. The SMILES string of the molecule is CCNC(=NCc1ccccc1OCC1CC1)NCC(=O)Nc1cccnc1.I. The third-order valence-electron chi connectivity index (χ3n) is 4.26. The van der Waals surface area contributed by atoms with Gasteiger partial charge in [0.25, 0.3) is 0 Å². The zero-order valence-corrected chi connectivity index (χ0v) is 18.9. The van der Waals surface area contributed by atoms with E-state index in [-0.39, 0.29) is 36.4 Å². The number of nitrogens with zero attached hydrogens (tertiary/aromatic N) is 2. The molecule has 1 heterocycles. The van der Waals surface area contributed by atoms with Gasteiger partial charge in [0.2, 0.25) is 5.91 Å². The monoisotopic (exact) mass is 509 g/mol. The molecule has 1 aliphatic rings. The van der Waals surface area contributed by atoms with Crippen LogP contribution in [0.5, 0.6) is 5.75 Å². The number of aromatic nitrogens is 1. The maximum Gasteiger partial charge on any atom is 0.243 e. The van der Waals surface area contributed by atoms with Crippen LogP contribution in [0.25, 0.3) is 0 Å². The molecular formula is C21H28IN5O2. The topological polar surface area (TPSA) is 87.6 Å². The van der Waals surface area contributed by atoms with Crippen molar-refractivity contribution in [3.63, 3.8) is 0 Å². The number of amides is 1. The van der Waals surface area contributed by atoms with Gasteiger partial charge in [0.15, 0.2) is 5.96 Å². The van der Waals surface area contributed by atoms with Gasteiger partial charge in [-0.25, -0.2) is 4.99 Å². The van der Waals surface area contributed by atoms with Crippen molar-refractivity contribution in [3.05, 3.63) is 54.4 Å². The summed E-state index contributed by atoms with van der Waals surface area (Å²) < 4.78 is 5.94. The molecule has 3 rings (SSSR count). The number of para-hydroxylation sites is 1. The first-order valence-corrected chi connectivity index (χ1v) is 9.67. The fourth-order valence-electron chi connectivity index (χ4n) is 2.58. The van der Waals surface area contributed by atoms with E-state index in [4.69, 9.17) is 4.74 Å². The summed E-state index contributed by atoms with van der Waals surface area (Å²) in [7, 11) is 0. The lowest BCUT2D eigenvalue weighted by molar-refractivity contribution is -0.115. The highest BCUT2D eigenvalue weighted by atomic mass is 127. The molecule has 3 N–H and O–H groups in total. The molecule has 0 unspecified atom stereocenters. The molecule has 1 fully saturated rings. The van der Waals surface area contributed by atoms with Crippen LogP contribution >= 0.6 is 24.0 Å². The van der Waals surface area contributed by atoms with E-state index in [1.54, 1.807) is 24.5 Å². The number of hydrogen-bond donors (Lipinski definition) is 3. The Balaban J connectivity index is 0.00000300. The molecule has 0 saturated heterocycles. The second kappa shape index (κ2) is 12.3. The van der Waals surface area contributed by atoms with Crippen LogP contribution in [0.15, 0.2) is 53.8 Å². The molecule has 0 spiro atoms. The number of hydrogen-bond acceptors (Lipinski definition) is 4. The Morgan fingerprint density at radius 1 is 1.21 bits per heavy atom. The molecule has 1 aromatic heterocycles. The largest absolute Gasteiger partial charge is 0.493 e. The van der Waals surface area contributed by atoms with Crippen molar-refractivity contribution in [2.75, 3.05) is 25.0 Å². The standard InChI is InChI=1S/C21H27N5O2.HI/c1-2-23-21(25-14-20(27)26-18-7-5-11-22-13-18)24-12-17-6-3-4-8-19(17)28-15-16-9-10-16;/h3-8,11,13,16H,2,9-10,12,14-15H2,1H3,(H,26,27)(H2,23,24,25);1H. The zero-order chi connectivity index (χ0) is 19.6. The van der Waals surface area contributed by atoms with Crippen LogP contribution in [0.2, 0.25) is 0 Å². The van der Waals surface area contributed by atoms with Gasteiger partial charge >= 0.3 is 0 Å². The number of pyridine rings is 1. The average molecular weight is 509 g/mol. The number of benzene rings is 1. The van der Waals surface area contributed by atoms with E-state index in [0.29, 0.717) is 30.7 Å². The lowest BCUT2D eigenvalue weighted by Gasteiger charge is -2.13. The number of nitrogens with one attached hydrogen (secondary N) is 3. The third-order valence-corrected chi connectivity index (χ3v) is 4.26. The summed E-state index contributed by atoms with van der Waals surface area (Å²) in [5.74, 6) is 2.00. The normalized spacial score (nSPS) is 13.2. The van der Waals surface area contributed by atoms with Gasteiger partial charge in [-0.3, -0.25) is 9.78 Å². The van der Waals surface area contributed by atoms with Crippen molar-refractivity contribution in [1.82, 2.24) is 15.6 Å². The molecule has 156 valence electrons. The number of rotatable bonds is 9. The predicted molar refractivity (Wildman–Crippen MR) is 126 cm³/mol. The molecule has 0 radical (unpaired) electrons. The van der Waals surface area contributed by atoms with Crippen molar-refractivity contribution < 1.29 is 9.53 Å². The highest BCUT2D eigenvalue weighted by Gasteiger charge is 2.22. The summed E-state index contributed by atoms with van der Waals surface area (Å²) in [4.78, 5) is 20.7. The van der Waals surface area contributed by atoms with E-state index in [9.17, 15) is 4.79 Å². The average Bonchev–Trinajstić information content (AvgIpc) is 3.54. The Bertz CT molecular complexity index is 797. The van der Waals surface area contributed by atoms with E-state index in [2.05, 4.69) is 25.9 Å². The van der Waals surface area contributed by atoms with Gasteiger partial charge in [-0.15, -0.1) is 24.0 Å². The first-order valence-electron chi connectivity index (χ1n) is 9.67. The van der Waals surface area contributed by atoms with Crippen molar-refractivity contribution in [3.8, 4) is 5.75 Å². The van der Waals surface area contributed by atoms with Crippen molar-refractivity contribution >= 4 is 41.5 Å². The van der Waals surface area contributed by atoms with Gasteiger partial charge in [0.1, 0.15) is 5.75 Å². The fourth-order valence-corrected chi connectivity index (χ4v) is 2.58. The van der Waals surface area contributed by atoms with Crippen LogP contribution in [-0.2, 0) is 11.3 Å². The fraction of sp³-hybridized carbons (Fsp3) is 0.381. The van der Waals surface area contributed by atoms with Gasteiger partial charge in [0, 0.05) is 18.3 Å². The molecule has 0 atom stereocenters. The quantitative estimate of drug-likeness (QED) is 0.275. The Kier molecular flexibility index (Phi) is 9.69. The number of anilines is 1. The molecule has 0 aliphatic heterocycles. The number of carbonyl (C=O) groups is 1. The molecular weight excluding hydrogens is 481 g/mol. The van der Waals surface area contributed by atoms with Gasteiger partial charge in [-0.1, -0.05) is 18.2 Å². The van der Waals surface area contributed by atoms with Crippen molar-refractivity contribution in [2.45, 2.75) is 26.3 Å². The van der Waals surface area contributed by atoms with Crippen LogP contribution in [0, 0.1) is 5.92 Å². The van der Waals surface area contributed by atoms with E-state index in [1.807, 2.05) is 31.2 Å². The minimum atomic E-state index is -0.160. The number of halogens is 1. The van der Waals surface area contributed by atoms with Crippen LogP contribution in [0.3, 0.4) is 0 Å². The second-order valence-corrected chi connectivity index (χ2v) is 6.70. The summed E-state index contributed by atoms with van der Waals surface area (Å²) in [6.07, 6.45) is 5.79. The number of ether oxygens (including phenoxy) is 1. The third kappa shape index (κ3) is 8.26. The second-order valence-electron chi connectivity index (χ2n) is 6.70. The van der Waals surface area contributed by atoms with Crippen LogP contribution in [0.1, 0.15) is 25.3 Å². The van der Waals surface area contributed by atoms with Crippen molar-refractivity contribution in [1.29, 1.82) is 0 Å². The van der Waals surface area contributed by atoms with Gasteiger partial charge in [-0.05, 0) is 43.9 Å². The Morgan fingerprint density at radius 3 is 2.76 bits per heavy atom. The summed E-state index contributed by atoms with van der Waals surface area (Å²) in [5.41, 5.74) is 1.69. The van der Waals surface area contributed by atoms with E-state index in [0.717, 1.165) is 17.9 Å². The van der Waals surface area contributed by atoms with E-state index < -0.39 is 0 Å². The Hall–Kier alpha value is -2.36. The first kappa shape index (κ1) is 22.9. The minimum absolute atomic E-state index is 0. The lowest BCUT2D eigenvalue weighted by atomic mass is 10.2. The van der Waals surface area contributed by atoms with E-state index >= 15 is 0 Å². The predicted octanol–water partition coefficient (Wildman–Crippen LogP) is 3.18.